The summed E-state index contributed by atoms with van der Waals surface area (Å²) in [4.78, 5) is 6.65. The predicted molar refractivity (Wildman–Crippen MR) is 104 cm³/mol. The third-order valence-electron chi connectivity index (χ3n) is 3.79. The van der Waals surface area contributed by atoms with Crippen molar-refractivity contribution in [1.82, 2.24) is 10.2 Å². The van der Waals surface area contributed by atoms with E-state index in [1.807, 2.05) is 55.3 Å². The van der Waals surface area contributed by atoms with Gasteiger partial charge in [0.15, 0.2) is 17.5 Å². The number of phenols is 1. The lowest BCUT2D eigenvalue weighted by Gasteiger charge is -2.22. The highest BCUT2D eigenvalue weighted by atomic mass is 16.5. The van der Waals surface area contributed by atoms with Crippen LogP contribution in [0.25, 0.3) is 0 Å². The smallest absolute Gasteiger partial charge is 0.194 e. The first-order valence-electron chi connectivity index (χ1n) is 8.67. The number of benzene rings is 2. The lowest BCUT2D eigenvalue weighted by atomic mass is 10.2. The topological polar surface area (TPSA) is 66.3 Å². The molecule has 0 aliphatic carbocycles. The number of hydrogen-bond donors (Lipinski definition) is 2. The summed E-state index contributed by atoms with van der Waals surface area (Å²) in [6.45, 7) is 4.53. The molecule has 140 valence electrons. The molecular formula is C20H27N3O3. The minimum Gasteiger partial charge on any atom is -0.504 e. The van der Waals surface area contributed by atoms with Crippen LogP contribution >= 0.6 is 0 Å². The fourth-order valence-corrected chi connectivity index (χ4v) is 2.39. The Morgan fingerprint density at radius 2 is 1.96 bits per heavy atom. The van der Waals surface area contributed by atoms with Crippen molar-refractivity contribution in [3.63, 3.8) is 0 Å². The monoisotopic (exact) mass is 357 g/mol. The van der Waals surface area contributed by atoms with Crippen LogP contribution in [-0.2, 0) is 6.54 Å². The van der Waals surface area contributed by atoms with Gasteiger partial charge in [0.25, 0.3) is 0 Å². The first kappa shape index (κ1) is 19.4. The van der Waals surface area contributed by atoms with Crippen LogP contribution in [0, 0.1) is 0 Å². The molecule has 0 heterocycles. The standard InChI is InChI=1S/C20H27N3O3/c1-4-21-20(22-15-16-10-11-19(25-3)18(24)14-16)23(2)12-13-26-17-8-6-5-7-9-17/h5-11,14,24H,4,12-13,15H2,1-3H3,(H,21,22). The summed E-state index contributed by atoms with van der Waals surface area (Å²) in [7, 11) is 3.50. The van der Waals surface area contributed by atoms with Crippen molar-refractivity contribution in [3.8, 4) is 17.2 Å². The SMILES string of the molecule is CCNC(=NCc1ccc(OC)c(O)c1)N(C)CCOc1ccccc1. The molecule has 6 nitrogen and oxygen atoms in total. The summed E-state index contributed by atoms with van der Waals surface area (Å²) < 4.78 is 10.8. The fraction of sp³-hybridized carbons (Fsp3) is 0.350. The van der Waals surface area contributed by atoms with Crippen molar-refractivity contribution in [2.24, 2.45) is 4.99 Å². The third-order valence-corrected chi connectivity index (χ3v) is 3.79. The minimum atomic E-state index is 0.120. The molecule has 2 aromatic carbocycles. The Labute approximate surface area is 155 Å². The van der Waals surface area contributed by atoms with Crippen LogP contribution in [0.4, 0.5) is 0 Å². The Morgan fingerprint density at radius 3 is 2.62 bits per heavy atom. The molecule has 0 saturated carbocycles. The van der Waals surface area contributed by atoms with Gasteiger partial charge in [-0.05, 0) is 36.8 Å². The minimum absolute atomic E-state index is 0.120. The van der Waals surface area contributed by atoms with E-state index in [9.17, 15) is 5.11 Å². The zero-order valence-electron chi connectivity index (χ0n) is 15.6. The van der Waals surface area contributed by atoms with Gasteiger partial charge in [-0.3, -0.25) is 0 Å². The molecule has 0 radical (unpaired) electrons. The Bertz CT molecular complexity index is 705. The second-order valence-corrected chi connectivity index (χ2v) is 5.76. The van der Waals surface area contributed by atoms with Gasteiger partial charge in [0, 0.05) is 13.6 Å². The van der Waals surface area contributed by atoms with Crippen molar-refractivity contribution in [2.45, 2.75) is 13.5 Å². The first-order valence-corrected chi connectivity index (χ1v) is 8.67. The Balaban J connectivity index is 1.93. The molecule has 0 bridgehead atoms. The fourth-order valence-electron chi connectivity index (χ4n) is 2.39. The summed E-state index contributed by atoms with van der Waals surface area (Å²) >= 11 is 0. The Kier molecular flexibility index (Phi) is 7.61. The molecule has 2 aromatic rings. The molecule has 0 atom stereocenters. The van der Waals surface area contributed by atoms with Gasteiger partial charge in [-0.2, -0.15) is 0 Å². The molecule has 0 aromatic heterocycles. The van der Waals surface area contributed by atoms with Gasteiger partial charge >= 0.3 is 0 Å². The van der Waals surface area contributed by atoms with Crippen LogP contribution in [0.5, 0.6) is 17.2 Å². The molecule has 0 spiro atoms. The van der Waals surface area contributed by atoms with Crippen LogP contribution < -0.4 is 14.8 Å². The first-order chi connectivity index (χ1) is 12.6. The van der Waals surface area contributed by atoms with Gasteiger partial charge in [-0.25, -0.2) is 4.99 Å². The number of nitrogens with one attached hydrogen (secondary N) is 1. The van der Waals surface area contributed by atoms with Gasteiger partial charge in [0.2, 0.25) is 0 Å². The molecular weight excluding hydrogens is 330 g/mol. The highest BCUT2D eigenvalue weighted by molar-refractivity contribution is 5.79. The molecule has 0 aliphatic rings. The summed E-state index contributed by atoms with van der Waals surface area (Å²) in [5.41, 5.74) is 0.910. The highest BCUT2D eigenvalue weighted by Gasteiger charge is 2.07. The summed E-state index contributed by atoms with van der Waals surface area (Å²) in [6, 6.07) is 15.1. The Morgan fingerprint density at radius 1 is 1.19 bits per heavy atom. The maximum Gasteiger partial charge on any atom is 0.194 e. The van der Waals surface area contributed by atoms with E-state index in [0.29, 0.717) is 25.4 Å². The van der Waals surface area contributed by atoms with Gasteiger partial charge in [0.1, 0.15) is 12.4 Å². The van der Waals surface area contributed by atoms with E-state index in [1.54, 1.807) is 12.1 Å². The number of rotatable bonds is 8. The van der Waals surface area contributed by atoms with Crippen molar-refractivity contribution in [1.29, 1.82) is 0 Å². The zero-order chi connectivity index (χ0) is 18.8. The van der Waals surface area contributed by atoms with Crippen molar-refractivity contribution < 1.29 is 14.6 Å². The zero-order valence-corrected chi connectivity index (χ0v) is 15.6. The average Bonchev–Trinajstić information content (AvgIpc) is 2.66. The number of para-hydroxylation sites is 1. The Hall–Kier alpha value is -2.89. The number of aromatic hydroxyl groups is 1. The number of ether oxygens (including phenoxy) is 2. The number of hydrogen-bond acceptors (Lipinski definition) is 4. The summed E-state index contributed by atoms with van der Waals surface area (Å²) in [5, 5.41) is 13.1. The number of methoxy groups -OCH3 is 1. The number of nitrogens with zero attached hydrogens (tertiary/aromatic N) is 2. The molecule has 0 saturated heterocycles. The summed E-state index contributed by atoms with van der Waals surface area (Å²) in [5.74, 6) is 2.23. The maximum atomic E-state index is 9.88. The number of phenolic OH excluding ortho intramolecular Hbond substituents is 1. The molecule has 0 aliphatic heterocycles. The highest BCUT2D eigenvalue weighted by Crippen LogP contribution is 2.26. The van der Waals surface area contributed by atoms with E-state index in [0.717, 1.165) is 23.8 Å². The molecule has 0 unspecified atom stereocenters. The molecule has 2 rings (SSSR count). The van der Waals surface area contributed by atoms with E-state index in [-0.39, 0.29) is 5.75 Å². The van der Waals surface area contributed by atoms with Gasteiger partial charge < -0.3 is 24.8 Å². The van der Waals surface area contributed by atoms with E-state index >= 15 is 0 Å². The van der Waals surface area contributed by atoms with Gasteiger partial charge in [-0.1, -0.05) is 24.3 Å². The van der Waals surface area contributed by atoms with E-state index in [1.165, 1.54) is 7.11 Å². The molecule has 2 N–H and O–H groups in total. The molecule has 0 amide bonds. The van der Waals surface area contributed by atoms with E-state index in [2.05, 4.69) is 10.3 Å². The van der Waals surface area contributed by atoms with Crippen LogP contribution in [0.1, 0.15) is 12.5 Å². The van der Waals surface area contributed by atoms with Crippen LogP contribution in [0.2, 0.25) is 0 Å². The van der Waals surface area contributed by atoms with Crippen molar-refractivity contribution in [3.05, 3.63) is 54.1 Å². The lowest BCUT2D eigenvalue weighted by Crippen LogP contribution is -2.40. The van der Waals surface area contributed by atoms with Crippen LogP contribution in [0.3, 0.4) is 0 Å². The third kappa shape index (κ3) is 5.88. The number of likely N-dealkylation sites (N-methyl/N-ethyl adjacent to an activating group) is 1. The molecule has 6 heteroatoms. The summed E-state index contributed by atoms with van der Waals surface area (Å²) in [6.07, 6.45) is 0. The van der Waals surface area contributed by atoms with Gasteiger partial charge in [0.05, 0.1) is 20.2 Å². The van der Waals surface area contributed by atoms with Crippen LogP contribution in [0.15, 0.2) is 53.5 Å². The number of aliphatic imine (C=N–C) groups is 1. The van der Waals surface area contributed by atoms with E-state index in [4.69, 9.17) is 9.47 Å². The maximum absolute atomic E-state index is 9.88. The van der Waals surface area contributed by atoms with Crippen LogP contribution in [-0.4, -0.2) is 49.8 Å². The van der Waals surface area contributed by atoms with E-state index < -0.39 is 0 Å². The quantitative estimate of drug-likeness (QED) is 0.562. The largest absolute Gasteiger partial charge is 0.504 e. The molecule has 0 fully saturated rings. The average molecular weight is 357 g/mol. The second kappa shape index (κ2) is 10.2. The predicted octanol–water partition coefficient (Wildman–Crippen LogP) is 2.88. The second-order valence-electron chi connectivity index (χ2n) is 5.76. The van der Waals surface area contributed by atoms with Crippen molar-refractivity contribution >= 4 is 5.96 Å². The molecule has 26 heavy (non-hydrogen) atoms. The van der Waals surface area contributed by atoms with Crippen molar-refractivity contribution in [2.75, 3.05) is 33.9 Å². The normalized spacial score (nSPS) is 11.1. The van der Waals surface area contributed by atoms with Gasteiger partial charge in [-0.15, -0.1) is 0 Å². The lowest BCUT2D eigenvalue weighted by molar-refractivity contribution is 0.281. The number of guanidine groups is 1.